The van der Waals surface area contributed by atoms with Gasteiger partial charge in [-0.1, -0.05) is 24.3 Å². The Morgan fingerprint density at radius 2 is 2.00 bits per heavy atom. The molecule has 0 unspecified atom stereocenters. The molecular formula is C16H14N2O3. The number of methoxy groups -OCH3 is 1. The Morgan fingerprint density at radius 3 is 2.67 bits per heavy atom. The van der Waals surface area contributed by atoms with E-state index in [4.69, 9.17) is 9.84 Å². The molecule has 1 aromatic heterocycles. The van der Waals surface area contributed by atoms with Crippen LogP contribution in [0.4, 0.5) is 0 Å². The fourth-order valence-corrected chi connectivity index (χ4v) is 2.44. The first-order valence-electron chi connectivity index (χ1n) is 6.51. The topological polar surface area (TPSA) is 64.3 Å². The average Bonchev–Trinajstić information content (AvgIpc) is 2.91. The van der Waals surface area contributed by atoms with Crippen LogP contribution in [0, 0.1) is 0 Å². The lowest BCUT2D eigenvalue weighted by Gasteiger charge is -2.09. The smallest absolute Gasteiger partial charge is 0.307 e. The van der Waals surface area contributed by atoms with Gasteiger partial charge in [-0.3, -0.25) is 4.79 Å². The summed E-state index contributed by atoms with van der Waals surface area (Å²) in [5.41, 5.74) is 2.47. The molecule has 3 aromatic rings. The molecule has 1 N–H and O–H groups in total. The average molecular weight is 282 g/mol. The van der Waals surface area contributed by atoms with Gasteiger partial charge in [-0.15, -0.1) is 0 Å². The summed E-state index contributed by atoms with van der Waals surface area (Å²) >= 11 is 0. The van der Waals surface area contributed by atoms with Gasteiger partial charge < -0.3 is 9.84 Å². The maximum atomic E-state index is 10.9. The molecule has 3 rings (SSSR count). The fraction of sp³-hybridized carbons (Fsp3) is 0.125. The Bertz CT molecular complexity index is 794. The first-order valence-corrected chi connectivity index (χ1v) is 6.51. The number of carbonyl (C=O) groups is 1. The largest absolute Gasteiger partial charge is 0.496 e. The van der Waals surface area contributed by atoms with Crippen LogP contribution >= 0.6 is 0 Å². The number of benzene rings is 2. The molecule has 106 valence electrons. The van der Waals surface area contributed by atoms with E-state index in [2.05, 4.69) is 5.10 Å². The molecule has 5 nitrogen and oxygen atoms in total. The predicted molar refractivity (Wildman–Crippen MR) is 79.0 cm³/mol. The lowest BCUT2D eigenvalue weighted by atomic mass is 10.1. The number of para-hydroxylation sites is 1. The normalized spacial score (nSPS) is 10.7. The van der Waals surface area contributed by atoms with Crippen molar-refractivity contribution in [2.24, 2.45) is 0 Å². The minimum atomic E-state index is -0.886. The summed E-state index contributed by atoms with van der Waals surface area (Å²) in [6.45, 7) is 0. The standard InChI is InChI=1S/C16H14N2O3/c1-21-16-11(9-15(19)20)7-8-14-13(16)10-17-18(14)12-5-3-2-4-6-12/h2-8,10H,9H2,1H3,(H,19,20). The van der Waals surface area contributed by atoms with E-state index in [1.54, 1.807) is 19.4 Å². The van der Waals surface area contributed by atoms with Crippen molar-refractivity contribution in [2.45, 2.75) is 6.42 Å². The van der Waals surface area contributed by atoms with E-state index >= 15 is 0 Å². The number of nitrogens with zero attached hydrogens (tertiary/aromatic N) is 2. The van der Waals surface area contributed by atoms with Crippen LogP contribution in [0.1, 0.15) is 5.56 Å². The molecule has 0 amide bonds. The molecule has 0 saturated heterocycles. The molecule has 0 fully saturated rings. The summed E-state index contributed by atoms with van der Waals surface area (Å²) in [5, 5.41) is 14.2. The number of aromatic nitrogens is 2. The van der Waals surface area contributed by atoms with E-state index in [9.17, 15) is 4.79 Å². The molecule has 0 bridgehead atoms. The van der Waals surface area contributed by atoms with Gasteiger partial charge >= 0.3 is 5.97 Å². The highest BCUT2D eigenvalue weighted by atomic mass is 16.5. The summed E-state index contributed by atoms with van der Waals surface area (Å²) < 4.78 is 7.20. The molecule has 21 heavy (non-hydrogen) atoms. The van der Waals surface area contributed by atoms with Gasteiger partial charge in [0.2, 0.25) is 0 Å². The lowest BCUT2D eigenvalue weighted by molar-refractivity contribution is -0.136. The van der Waals surface area contributed by atoms with Crippen molar-refractivity contribution in [3.63, 3.8) is 0 Å². The number of ether oxygens (including phenoxy) is 1. The molecule has 0 radical (unpaired) electrons. The van der Waals surface area contributed by atoms with Gasteiger partial charge in [0.1, 0.15) is 5.75 Å². The van der Waals surface area contributed by atoms with Crippen molar-refractivity contribution >= 4 is 16.9 Å². The van der Waals surface area contributed by atoms with Crippen LogP contribution in [0.15, 0.2) is 48.7 Å². The van der Waals surface area contributed by atoms with Crippen LogP contribution in [-0.2, 0) is 11.2 Å². The highest BCUT2D eigenvalue weighted by molar-refractivity contribution is 5.89. The van der Waals surface area contributed by atoms with Crippen molar-refractivity contribution in [3.8, 4) is 11.4 Å². The van der Waals surface area contributed by atoms with Crippen LogP contribution in [0.25, 0.3) is 16.6 Å². The van der Waals surface area contributed by atoms with Crippen LogP contribution in [0.3, 0.4) is 0 Å². The number of carboxylic acids is 1. The third kappa shape index (κ3) is 2.33. The quantitative estimate of drug-likeness (QED) is 0.799. The van der Waals surface area contributed by atoms with E-state index in [0.29, 0.717) is 11.3 Å². The zero-order chi connectivity index (χ0) is 14.8. The molecule has 0 aliphatic carbocycles. The minimum Gasteiger partial charge on any atom is -0.496 e. The van der Waals surface area contributed by atoms with Gasteiger partial charge in [-0.25, -0.2) is 4.68 Å². The summed E-state index contributed by atoms with van der Waals surface area (Å²) in [7, 11) is 1.54. The van der Waals surface area contributed by atoms with Crippen LogP contribution in [0.5, 0.6) is 5.75 Å². The summed E-state index contributed by atoms with van der Waals surface area (Å²) in [6.07, 6.45) is 1.63. The second kappa shape index (κ2) is 5.28. The van der Waals surface area contributed by atoms with Gasteiger partial charge in [0.15, 0.2) is 0 Å². The molecule has 0 atom stereocenters. The third-order valence-corrected chi connectivity index (χ3v) is 3.33. The second-order valence-corrected chi connectivity index (χ2v) is 4.65. The Morgan fingerprint density at radius 1 is 1.24 bits per heavy atom. The molecule has 0 spiro atoms. The summed E-state index contributed by atoms with van der Waals surface area (Å²) in [6, 6.07) is 13.4. The van der Waals surface area contributed by atoms with E-state index in [-0.39, 0.29) is 6.42 Å². The maximum absolute atomic E-state index is 10.9. The van der Waals surface area contributed by atoms with Crippen molar-refractivity contribution in [2.75, 3.05) is 7.11 Å². The SMILES string of the molecule is COc1c(CC(=O)O)ccc2c1cnn2-c1ccccc1. The minimum absolute atomic E-state index is 0.0738. The van der Waals surface area contributed by atoms with Gasteiger partial charge in [-0.2, -0.15) is 5.10 Å². The number of fused-ring (bicyclic) bond motifs is 1. The lowest BCUT2D eigenvalue weighted by Crippen LogP contribution is -2.03. The Balaban J connectivity index is 2.18. The highest BCUT2D eigenvalue weighted by Gasteiger charge is 2.15. The van der Waals surface area contributed by atoms with E-state index < -0.39 is 5.97 Å². The Hall–Kier alpha value is -2.82. The van der Waals surface area contributed by atoms with E-state index in [1.807, 2.05) is 41.1 Å². The second-order valence-electron chi connectivity index (χ2n) is 4.65. The van der Waals surface area contributed by atoms with E-state index in [1.165, 1.54) is 0 Å². The first kappa shape index (κ1) is 13.2. The maximum Gasteiger partial charge on any atom is 0.307 e. The van der Waals surface area contributed by atoms with Gasteiger partial charge in [0.25, 0.3) is 0 Å². The Kier molecular flexibility index (Phi) is 3.31. The van der Waals surface area contributed by atoms with Crippen molar-refractivity contribution in [1.82, 2.24) is 9.78 Å². The zero-order valence-corrected chi connectivity index (χ0v) is 11.5. The summed E-state index contributed by atoms with van der Waals surface area (Å²) in [4.78, 5) is 10.9. The molecular weight excluding hydrogens is 268 g/mol. The third-order valence-electron chi connectivity index (χ3n) is 3.33. The number of hydrogen-bond acceptors (Lipinski definition) is 3. The number of rotatable bonds is 4. The zero-order valence-electron chi connectivity index (χ0n) is 11.5. The molecule has 0 aliphatic heterocycles. The molecule has 1 heterocycles. The first-order chi connectivity index (χ1) is 10.2. The van der Waals surface area contributed by atoms with Crippen LogP contribution < -0.4 is 4.74 Å². The predicted octanol–water partition coefficient (Wildman–Crippen LogP) is 2.66. The summed E-state index contributed by atoms with van der Waals surface area (Å²) in [5.74, 6) is -0.319. The molecule has 0 aliphatic rings. The van der Waals surface area contributed by atoms with Crippen molar-refractivity contribution in [1.29, 1.82) is 0 Å². The molecule has 5 heteroatoms. The van der Waals surface area contributed by atoms with Crippen molar-refractivity contribution in [3.05, 3.63) is 54.2 Å². The molecule has 2 aromatic carbocycles. The monoisotopic (exact) mass is 282 g/mol. The highest BCUT2D eigenvalue weighted by Crippen LogP contribution is 2.31. The van der Waals surface area contributed by atoms with Gasteiger partial charge in [0.05, 0.1) is 36.3 Å². The van der Waals surface area contributed by atoms with E-state index in [0.717, 1.165) is 16.6 Å². The van der Waals surface area contributed by atoms with Gasteiger partial charge in [0, 0.05) is 5.56 Å². The Labute approximate surface area is 121 Å². The molecule has 0 saturated carbocycles. The van der Waals surface area contributed by atoms with Crippen LogP contribution in [0.2, 0.25) is 0 Å². The van der Waals surface area contributed by atoms with Crippen molar-refractivity contribution < 1.29 is 14.6 Å². The number of carboxylic acid groups (broad SMARTS) is 1. The van der Waals surface area contributed by atoms with Crippen LogP contribution in [-0.4, -0.2) is 28.0 Å². The number of hydrogen-bond donors (Lipinski definition) is 1. The fourth-order valence-electron chi connectivity index (χ4n) is 2.44. The van der Waals surface area contributed by atoms with Gasteiger partial charge in [-0.05, 0) is 18.2 Å². The number of aliphatic carboxylic acids is 1.